The van der Waals surface area contributed by atoms with Crippen molar-refractivity contribution in [3.05, 3.63) is 90.5 Å². The summed E-state index contributed by atoms with van der Waals surface area (Å²) in [6.45, 7) is 1.81. The van der Waals surface area contributed by atoms with E-state index in [1.165, 1.54) is 0 Å². The molecule has 1 N–H and O–H groups in total. The highest BCUT2D eigenvalue weighted by molar-refractivity contribution is 6.02. The molecule has 0 fully saturated rings. The number of hydrogen-bond donors (Lipinski definition) is 1. The molecule has 2 amide bonds. The lowest BCUT2D eigenvalue weighted by Crippen LogP contribution is -2.28. The maximum atomic E-state index is 13.0. The first-order valence-corrected chi connectivity index (χ1v) is 9.99. The van der Waals surface area contributed by atoms with E-state index >= 15 is 0 Å². The van der Waals surface area contributed by atoms with Crippen molar-refractivity contribution < 1.29 is 14.3 Å². The Labute approximate surface area is 182 Å². The number of nitrogens with one attached hydrogen (secondary N) is 1. The van der Waals surface area contributed by atoms with Crippen molar-refractivity contribution in [2.45, 2.75) is 19.8 Å². The van der Waals surface area contributed by atoms with Crippen molar-refractivity contribution in [3.8, 4) is 5.75 Å². The standard InChI is InChI=1S/C25H25N3O3/c1-19(20-13-15-23(31-2)16-14-20)26-27-24(29)17-18-25(30)28(21-9-5-3-6-10-21)22-11-7-4-8-12-22/h3-16H,17-18H2,1-2H3,(H,27,29)/b26-19-. The van der Waals surface area contributed by atoms with E-state index < -0.39 is 0 Å². The smallest absolute Gasteiger partial charge is 0.240 e. The molecule has 0 unspecified atom stereocenters. The summed E-state index contributed by atoms with van der Waals surface area (Å²) in [5.74, 6) is 0.270. The molecule has 0 radical (unpaired) electrons. The number of benzene rings is 3. The molecule has 0 aliphatic rings. The molecule has 0 aromatic heterocycles. The summed E-state index contributed by atoms with van der Waals surface area (Å²) in [6.07, 6.45) is 0.0983. The lowest BCUT2D eigenvalue weighted by atomic mass is 10.1. The van der Waals surface area contributed by atoms with Gasteiger partial charge in [-0.05, 0) is 61.0 Å². The second-order valence-electron chi connectivity index (χ2n) is 6.86. The fraction of sp³-hybridized carbons (Fsp3) is 0.160. The van der Waals surface area contributed by atoms with Crippen molar-refractivity contribution in [2.24, 2.45) is 5.10 Å². The van der Waals surface area contributed by atoms with Crippen molar-refractivity contribution in [2.75, 3.05) is 12.0 Å². The topological polar surface area (TPSA) is 71.0 Å². The lowest BCUT2D eigenvalue weighted by molar-refractivity contribution is -0.124. The number of para-hydroxylation sites is 2. The molecule has 158 valence electrons. The maximum Gasteiger partial charge on any atom is 0.240 e. The van der Waals surface area contributed by atoms with E-state index in [0.29, 0.717) is 5.71 Å². The average Bonchev–Trinajstić information content (AvgIpc) is 2.83. The zero-order valence-electron chi connectivity index (χ0n) is 17.6. The zero-order valence-corrected chi connectivity index (χ0v) is 17.6. The first-order chi connectivity index (χ1) is 15.1. The van der Waals surface area contributed by atoms with Crippen molar-refractivity contribution in [1.29, 1.82) is 0 Å². The summed E-state index contributed by atoms with van der Waals surface area (Å²) >= 11 is 0. The first kappa shape index (κ1) is 21.8. The van der Waals surface area contributed by atoms with Gasteiger partial charge in [0.15, 0.2) is 0 Å². The largest absolute Gasteiger partial charge is 0.497 e. The molecule has 6 heteroatoms. The molecule has 0 heterocycles. The molecule has 0 saturated carbocycles. The molecule has 0 atom stereocenters. The molecule has 0 aliphatic carbocycles. The van der Waals surface area contributed by atoms with Gasteiger partial charge in [0.1, 0.15) is 5.75 Å². The summed E-state index contributed by atoms with van der Waals surface area (Å²) in [5, 5.41) is 4.14. The highest BCUT2D eigenvalue weighted by Crippen LogP contribution is 2.26. The van der Waals surface area contributed by atoms with Gasteiger partial charge in [-0.1, -0.05) is 36.4 Å². The number of carbonyl (C=O) groups excluding carboxylic acids is 2. The van der Waals surface area contributed by atoms with E-state index in [2.05, 4.69) is 10.5 Å². The highest BCUT2D eigenvalue weighted by atomic mass is 16.5. The third-order valence-corrected chi connectivity index (χ3v) is 4.70. The van der Waals surface area contributed by atoms with Crippen molar-refractivity contribution >= 4 is 28.9 Å². The van der Waals surface area contributed by atoms with Crippen LogP contribution in [0.15, 0.2) is 90.0 Å². The van der Waals surface area contributed by atoms with Gasteiger partial charge in [-0.2, -0.15) is 5.10 Å². The Bertz CT molecular complexity index is 993. The normalized spacial score (nSPS) is 11.0. The van der Waals surface area contributed by atoms with Crippen LogP contribution < -0.4 is 15.1 Å². The summed E-state index contributed by atoms with van der Waals surface area (Å²) in [6, 6.07) is 26.2. The van der Waals surface area contributed by atoms with Gasteiger partial charge in [0, 0.05) is 24.2 Å². The van der Waals surface area contributed by atoms with Crippen LogP contribution in [-0.2, 0) is 9.59 Å². The van der Waals surface area contributed by atoms with Gasteiger partial charge in [-0.3, -0.25) is 14.5 Å². The van der Waals surface area contributed by atoms with E-state index in [4.69, 9.17) is 4.74 Å². The van der Waals surface area contributed by atoms with Crippen LogP contribution in [0.1, 0.15) is 25.3 Å². The van der Waals surface area contributed by atoms with Crippen LogP contribution in [0.4, 0.5) is 11.4 Å². The number of hydrogen-bond acceptors (Lipinski definition) is 4. The summed E-state index contributed by atoms with van der Waals surface area (Å²) in [7, 11) is 1.61. The third-order valence-electron chi connectivity index (χ3n) is 4.70. The molecule has 3 aromatic carbocycles. The minimum absolute atomic E-state index is 0.0361. The van der Waals surface area contributed by atoms with Gasteiger partial charge in [0.2, 0.25) is 11.8 Å². The van der Waals surface area contributed by atoms with Crippen LogP contribution in [0.25, 0.3) is 0 Å². The van der Waals surface area contributed by atoms with Crippen molar-refractivity contribution in [3.63, 3.8) is 0 Å². The van der Waals surface area contributed by atoms with Crippen LogP contribution in [0.3, 0.4) is 0 Å². The third kappa shape index (κ3) is 6.02. The van der Waals surface area contributed by atoms with Crippen LogP contribution >= 0.6 is 0 Å². The predicted octanol–water partition coefficient (Wildman–Crippen LogP) is 4.68. The highest BCUT2D eigenvalue weighted by Gasteiger charge is 2.18. The Morgan fingerprint density at radius 3 is 1.90 bits per heavy atom. The number of carbonyl (C=O) groups is 2. The molecule has 3 rings (SSSR count). The van der Waals surface area contributed by atoms with Crippen LogP contribution in [-0.4, -0.2) is 24.6 Å². The SMILES string of the molecule is COc1ccc(/C(C)=N\NC(=O)CCC(=O)N(c2ccccc2)c2ccccc2)cc1. The fourth-order valence-corrected chi connectivity index (χ4v) is 3.02. The molecule has 0 bridgehead atoms. The van der Waals surface area contributed by atoms with E-state index in [1.807, 2.05) is 84.9 Å². The summed E-state index contributed by atoms with van der Waals surface area (Å²) in [4.78, 5) is 26.9. The number of rotatable bonds is 8. The van der Waals surface area contributed by atoms with Crippen molar-refractivity contribution in [1.82, 2.24) is 5.43 Å². The number of nitrogens with zero attached hydrogens (tertiary/aromatic N) is 2. The number of anilines is 2. The Balaban J connectivity index is 1.62. The molecular weight excluding hydrogens is 390 g/mol. The molecule has 3 aromatic rings. The first-order valence-electron chi connectivity index (χ1n) is 9.99. The second-order valence-corrected chi connectivity index (χ2v) is 6.86. The van der Waals surface area contributed by atoms with Gasteiger partial charge in [0.25, 0.3) is 0 Å². The number of hydrazone groups is 1. The van der Waals surface area contributed by atoms with Gasteiger partial charge in [-0.25, -0.2) is 5.43 Å². The van der Waals surface area contributed by atoms with E-state index in [-0.39, 0.29) is 24.7 Å². The minimum Gasteiger partial charge on any atom is -0.497 e. The minimum atomic E-state index is -0.317. The lowest BCUT2D eigenvalue weighted by Gasteiger charge is -2.23. The monoisotopic (exact) mass is 415 g/mol. The molecule has 31 heavy (non-hydrogen) atoms. The fourth-order valence-electron chi connectivity index (χ4n) is 3.02. The van der Waals surface area contributed by atoms with E-state index in [9.17, 15) is 9.59 Å². The number of ether oxygens (including phenoxy) is 1. The van der Waals surface area contributed by atoms with Gasteiger partial charge < -0.3 is 4.74 Å². The van der Waals surface area contributed by atoms with Gasteiger partial charge in [-0.15, -0.1) is 0 Å². The molecule has 6 nitrogen and oxygen atoms in total. The van der Waals surface area contributed by atoms with E-state index in [1.54, 1.807) is 18.9 Å². The van der Waals surface area contributed by atoms with Gasteiger partial charge in [0.05, 0.1) is 12.8 Å². The second kappa shape index (κ2) is 10.7. The molecule has 0 saturated heterocycles. The Morgan fingerprint density at radius 1 is 0.839 bits per heavy atom. The zero-order chi connectivity index (χ0) is 22.1. The Kier molecular flexibility index (Phi) is 7.54. The Morgan fingerprint density at radius 2 is 1.39 bits per heavy atom. The number of methoxy groups -OCH3 is 1. The average molecular weight is 415 g/mol. The molecular formula is C25H25N3O3. The Hall–Kier alpha value is -3.93. The summed E-state index contributed by atoms with van der Waals surface area (Å²) in [5.41, 5.74) is 5.58. The van der Waals surface area contributed by atoms with Gasteiger partial charge >= 0.3 is 0 Å². The molecule has 0 aliphatic heterocycles. The summed E-state index contributed by atoms with van der Waals surface area (Å²) < 4.78 is 5.14. The number of amides is 2. The van der Waals surface area contributed by atoms with E-state index in [0.717, 1.165) is 22.7 Å². The predicted molar refractivity (Wildman–Crippen MR) is 123 cm³/mol. The quantitative estimate of drug-likeness (QED) is 0.429. The maximum absolute atomic E-state index is 13.0. The van der Waals surface area contributed by atoms with Crippen LogP contribution in [0.5, 0.6) is 5.75 Å². The molecule has 0 spiro atoms. The van der Waals surface area contributed by atoms with Crippen LogP contribution in [0, 0.1) is 0 Å². The van der Waals surface area contributed by atoms with Crippen LogP contribution in [0.2, 0.25) is 0 Å².